The Morgan fingerprint density at radius 2 is 2.00 bits per heavy atom. The van der Waals surface area contributed by atoms with Crippen LogP contribution in [0, 0.1) is 0 Å². The molecule has 1 aliphatic rings. The Morgan fingerprint density at radius 1 is 1.29 bits per heavy atom. The summed E-state index contributed by atoms with van der Waals surface area (Å²) < 4.78 is 0. The standard InChI is InChI=1S/C13H12O4/c14-10-6-4-9(5-7-11(15)16)12(13(10)17)8-2-1-3-8/h2,4-7,14,17H,1,3H2,(H,15,16). The molecule has 0 heterocycles. The van der Waals surface area contributed by atoms with E-state index in [1.807, 2.05) is 6.08 Å². The van der Waals surface area contributed by atoms with Gasteiger partial charge in [-0.05, 0) is 36.1 Å². The average Bonchev–Trinajstić information content (AvgIpc) is 2.21. The van der Waals surface area contributed by atoms with Gasteiger partial charge in [-0.1, -0.05) is 12.1 Å². The maximum atomic E-state index is 10.5. The van der Waals surface area contributed by atoms with Gasteiger partial charge in [0, 0.05) is 11.6 Å². The summed E-state index contributed by atoms with van der Waals surface area (Å²) in [5.41, 5.74) is 2.05. The normalized spacial score (nSPS) is 14.5. The van der Waals surface area contributed by atoms with E-state index >= 15 is 0 Å². The lowest BCUT2D eigenvalue weighted by atomic mass is 9.88. The molecule has 1 aliphatic carbocycles. The molecule has 17 heavy (non-hydrogen) atoms. The second-order valence-corrected chi connectivity index (χ2v) is 3.84. The van der Waals surface area contributed by atoms with Crippen LogP contribution < -0.4 is 0 Å². The van der Waals surface area contributed by atoms with Gasteiger partial charge in [-0.15, -0.1) is 0 Å². The van der Waals surface area contributed by atoms with Crippen molar-refractivity contribution in [3.8, 4) is 11.5 Å². The molecule has 4 heteroatoms. The molecule has 0 saturated heterocycles. The molecule has 2 rings (SSSR count). The Kier molecular flexibility index (Phi) is 2.87. The Morgan fingerprint density at radius 3 is 2.53 bits per heavy atom. The van der Waals surface area contributed by atoms with Crippen LogP contribution in [0.3, 0.4) is 0 Å². The number of allylic oxidation sites excluding steroid dienone is 2. The van der Waals surface area contributed by atoms with E-state index < -0.39 is 5.97 Å². The van der Waals surface area contributed by atoms with E-state index in [2.05, 4.69) is 0 Å². The van der Waals surface area contributed by atoms with Gasteiger partial charge in [0.25, 0.3) is 0 Å². The average molecular weight is 232 g/mol. The van der Waals surface area contributed by atoms with Crippen molar-refractivity contribution in [3.05, 3.63) is 35.4 Å². The quantitative estimate of drug-likeness (QED) is 0.552. The van der Waals surface area contributed by atoms with E-state index in [4.69, 9.17) is 5.11 Å². The van der Waals surface area contributed by atoms with E-state index in [9.17, 15) is 15.0 Å². The van der Waals surface area contributed by atoms with Crippen molar-refractivity contribution in [2.24, 2.45) is 0 Å². The molecule has 4 nitrogen and oxygen atoms in total. The number of carbonyl (C=O) groups is 1. The number of aromatic hydroxyl groups is 2. The minimum absolute atomic E-state index is 0.191. The zero-order chi connectivity index (χ0) is 12.4. The molecule has 0 spiro atoms. The third-order valence-electron chi connectivity index (χ3n) is 2.72. The largest absolute Gasteiger partial charge is 0.504 e. The first-order valence-electron chi connectivity index (χ1n) is 5.25. The SMILES string of the molecule is O=C(O)C=Cc1ccc(O)c(O)c1C1=CCC1. The number of rotatable bonds is 3. The van der Waals surface area contributed by atoms with E-state index in [1.54, 1.807) is 6.07 Å². The van der Waals surface area contributed by atoms with Crippen LogP contribution in [0.2, 0.25) is 0 Å². The van der Waals surface area contributed by atoms with Gasteiger partial charge in [0.15, 0.2) is 11.5 Å². The van der Waals surface area contributed by atoms with Crippen LogP contribution in [0.1, 0.15) is 24.0 Å². The summed E-state index contributed by atoms with van der Waals surface area (Å²) in [5, 5.41) is 27.8. The maximum absolute atomic E-state index is 10.5. The number of carboxylic acid groups (broad SMARTS) is 1. The Labute approximate surface area is 98.1 Å². The fraction of sp³-hybridized carbons (Fsp3) is 0.154. The first kappa shape index (κ1) is 11.3. The molecule has 0 saturated carbocycles. The second kappa shape index (κ2) is 4.33. The highest BCUT2D eigenvalue weighted by Crippen LogP contribution is 2.41. The van der Waals surface area contributed by atoms with Crippen LogP contribution in [-0.4, -0.2) is 21.3 Å². The number of benzene rings is 1. The van der Waals surface area contributed by atoms with Crippen molar-refractivity contribution < 1.29 is 20.1 Å². The third-order valence-corrected chi connectivity index (χ3v) is 2.72. The van der Waals surface area contributed by atoms with Crippen molar-refractivity contribution in [3.63, 3.8) is 0 Å². The first-order valence-corrected chi connectivity index (χ1v) is 5.25. The zero-order valence-corrected chi connectivity index (χ0v) is 9.05. The smallest absolute Gasteiger partial charge is 0.328 e. The van der Waals surface area contributed by atoms with Gasteiger partial charge >= 0.3 is 5.97 Å². The van der Waals surface area contributed by atoms with Crippen molar-refractivity contribution in [2.45, 2.75) is 12.8 Å². The van der Waals surface area contributed by atoms with E-state index in [0.29, 0.717) is 11.1 Å². The van der Waals surface area contributed by atoms with Crippen LogP contribution in [-0.2, 0) is 4.79 Å². The summed E-state index contributed by atoms with van der Waals surface area (Å²) in [6.07, 6.45) is 6.13. The molecule has 0 fully saturated rings. The second-order valence-electron chi connectivity index (χ2n) is 3.84. The summed E-state index contributed by atoms with van der Waals surface area (Å²) in [6.45, 7) is 0. The molecule has 0 unspecified atom stereocenters. The van der Waals surface area contributed by atoms with E-state index in [-0.39, 0.29) is 11.5 Å². The number of hydrogen-bond acceptors (Lipinski definition) is 3. The zero-order valence-electron chi connectivity index (χ0n) is 9.05. The van der Waals surface area contributed by atoms with Gasteiger partial charge in [0.05, 0.1) is 0 Å². The van der Waals surface area contributed by atoms with Crippen molar-refractivity contribution in [1.82, 2.24) is 0 Å². The highest BCUT2D eigenvalue weighted by molar-refractivity contribution is 5.89. The van der Waals surface area contributed by atoms with Crippen LogP contribution in [0.5, 0.6) is 11.5 Å². The number of phenolic OH excluding ortho intramolecular Hbond substituents is 2. The fourth-order valence-corrected chi connectivity index (χ4v) is 1.75. The summed E-state index contributed by atoms with van der Waals surface area (Å²) in [7, 11) is 0. The van der Waals surface area contributed by atoms with Gasteiger partial charge in [-0.3, -0.25) is 0 Å². The molecular formula is C13H12O4. The summed E-state index contributed by atoms with van der Waals surface area (Å²) in [6, 6.07) is 2.93. The van der Waals surface area contributed by atoms with Crippen molar-refractivity contribution in [2.75, 3.05) is 0 Å². The maximum Gasteiger partial charge on any atom is 0.328 e. The lowest BCUT2D eigenvalue weighted by Gasteiger charge is -2.18. The molecule has 88 valence electrons. The van der Waals surface area contributed by atoms with Gasteiger partial charge in [0.1, 0.15) is 0 Å². The van der Waals surface area contributed by atoms with Gasteiger partial charge in [-0.2, -0.15) is 0 Å². The Bertz CT molecular complexity index is 526. The molecule has 0 atom stereocenters. The van der Waals surface area contributed by atoms with E-state index in [1.165, 1.54) is 12.1 Å². The number of hydrogen-bond donors (Lipinski definition) is 3. The highest BCUT2D eigenvalue weighted by Gasteiger charge is 2.18. The molecule has 0 bridgehead atoms. The summed E-state index contributed by atoms with van der Waals surface area (Å²) in [5.74, 6) is -1.44. The molecule has 1 aromatic carbocycles. The lowest BCUT2D eigenvalue weighted by Crippen LogP contribution is -1.97. The summed E-state index contributed by atoms with van der Waals surface area (Å²) in [4.78, 5) is 10.5. The number of carboxylic acids is 1. The predicted molar refractivity (Wildman–Crippen MR) is 63.7 cm³/mol. The highest BCUT2D eigenvalue weighted by atomic mass is 16.4. The van der Waals surface area contributed by atoms with Crippen LogP contribution in [0.25, 0.3) is 11.6 Å². The summed E-state index contributed by atoms with van der Waals surface area (Å²) >= 11 is 0. The molecule has 1 aromatic rings. The lowest BCUT2D eigenvalue weighted by molar-refractivity contribution is -0.131. The van der Waals surface area contributed by atoms with Gasteiger partial charge in [-0.25, -0.2) is 4.79 Å². The Balaban J connectivity index is 2.51. The van der Waals surface area contributed by atoms with Gasteiger partial charge in [0.2, 0.25) is 0 Å². The van der Waals surface area contributed by atoms with Crippen LogP contribution in [0.15, 0.2) is 24.3 Å². The third kappa shape index (κ3) is 2.15. The van der Waals surface area contributed by atoms with Crippen molar-refractivity contribution >= 4 is 17.6 Å². The topological polar surface area (TPSA) is 77.8 Å². The van der Waals surface area contributed by atoms with Gasteiger partial charge < -0.3 is 15.3 Å². The number of aliphatic carboxylic acids is 1. The monoisotopic (exact) mass is 232 g/mol. The Hall–Kier alpha value is -2.23. The molecule has 0 aromatic heterocycles. The van der Waals surface area contributed by atoms with E-state index in [0.717, 1.165) is 24.5 Å². The molecule has 0 amide bonds. The predicted octanol–water partition coefficient (Wildman–Crippen LogP) is 2.37. The minimum atomic E-state index is -1.05. The van der Waals surface area contributed by atoms with Crippen LogP contribution >= 0.6 is 0 Å². The molecule has 0 radical (unpaired) electrons. The molecular weight excluding hydrogens is 220 g/mol. The number of phenols is 2. The molecule has 3 N–H and O–H groups in total. The first-order chi connectivity index (χ1) is 8.09. The van der Waals surface area contributed by atoms with Crippen LogP contribution in [0.4, 0.5) is 0 Å². The fourth-order valence-electron chi connectivity index (χ4n) is 1.75. The molecule has 0 aliphatic heterocycles. The minimum Gasteiger partial charge on any atom is -0.504 e. The van der Waals surface area contributed by atoms with Crippen molar-refractivity contribution in [1.29, 1.82) is 0 Å².